The second kappa shape index (κ2) is 7.50. The first-order valence-corrected chi connectivity index (χ1v) is 9.50. The average molecular weight is 351 g/mol. The van der Waals surface area contributed by atoms with E-state index >= 15 is 0 Å². The first-order valence-electron chi connectivity index (χ1n) is 9.50. The van der Waals surface area contributed by atoms with Crippen molar-refractivity contribution in [3.63, 3.8) is 0 Å². The number of hydrogen-bond acceptors (Lipinski definition) is 4. The van der Waals surface area contributed by atoms with Gasteiger partial charge in [0, 0.05) is 23.2 Å². The highest BCUT2D eigenvalue weighted by Gasteiger charge is 2.32. The second-order valence-electron chi connectivity index (χ2n) is 6.99. The number of ketones is 1. The molecule has 0 radical (unpaired) electrons. The normalized spacial score (nSPS) is 16.3. The van der Waals surface area contributed by atoms with E-state index in [2.05, 4.69) is 4.90 Å². The van der Waals surface area contributed by atoms with Crippen molar-refractivity contribution >= 4 is 5.78 Å². The first kappa shape index (κ1) is 17.1. The van der Waals surface area contributed by atoms with Crippen molar-refractivity contribution in [2.75, 3.05) is 33.4 Å². The third kappa shape index (κ3) is 3.10. The summed E-state index contributed by atoms with van der Waals surface area (Å²) in [7, 11) is 1.64. The molecule has 1 fully saturated rings. The van der Waals surface area contributed by atoms with E-state index in [4.69, 9.17) is 9.47 Å². The number of rotatable bonds is 6. The van der Waals surface area contributed by atoms with Gasteiger partial charge in [0.15, 0.2) is 5.78 Å². The molecule has 136 valence electrons. The zero-order valence-electron chi connectivity index (χ0n) is 15.3. The van der Waals surface area contributed by atoms with Crippen LogP contribution in [-0.4, -0.2) is 44.0 Å². The van der Waals surface area contributed by atoms with Gasteiger partial charge in [0.05, 0.1) is 19.3 Å². The van der Waals surface area contributed by atoms with Gasteiger partial charge in [-0.05, 0) is 44.5 Å². The zero-order chi connectivity index (χ0) is 17.9. The number of nitrogens with zero attached hydrogens (tertiary/aromatic N) is 1. The van der Waals surface area contributed by atoms with Crippen molar-refractivity contribution in [1.82, 2.24) is 4.90 Å². The van der Waals surface area contributed by atoms with Crippen LogP contribution in [0.3, 0.4) is 0 Å². The van der Waals surface area contributed by atoms with Crippen LogP contribution in [0.2, 0.25) is 0 Å². The summed E-state index contributed by atoms with van der Waals surface area (Å²) in [6.07, 6.45) is 4.95. The Hall–Kier alpha value is -2.33. The standard InChI is InChI=1S/C22H25NO3/c1-25-18-10-6-9-17-20(18)16-8-5-11-19(21(16)22(17)24)26-15-7-14-23-12-3-2-4-13-23/h5-6,8-11H,2-4,7,12-15H2,1H3. The molecule has 0 atom stereocenters. The SMILES string of the molecule is COc1cccc2c1-c1cccc(OCCCN3CCCCC3)c1C2=O. The molecule has 4 heteroatoms. The fraction of sp³-hybridized carbons (Fsp3) is 0.409. The van der Waals surface area contributed by atoms with E-state index in [1.807, 2.05) is 36.4 Å². The van der Waals surface area contributed by atoms with E-state index in [0.29, 0.717) is 23.5 Å². The van der Waals surface area contributed by atoms with E-state index < -0.39 is 0 Å². The summed E-state index contributed by atoms with van der Waals surface area (Å²) in [4.78, 5) is 15.4. The van der Waals surface area contributed by atoms with Crippen molar-refractivity contribution in [1.29, 1.82) is 0 Å². The summed E-state index contributed by atoms with van der Waals surface area (Å²) in [6.45, 7) is 4.10. The summed E-state index contributed by atoms with van der Waals surface area (Å²) in [5.74, 6) is 1.45. The monoisotopic (exact) mass is 351 g/mol. The number of hydrogen-bond donors (Lipinski definition) is 0. The maximum Gasteiger partial charge on any atom is 0.198 e. The minimum Gasteiger partial charge on any atom is -0.496 e. The Bertz CT molecular complexity index is 809. The molecule has 4 rings (SSSR count). The highest BCUT2D eigenvalue weighted by Crippen LogP contribution is 2.45. The quantitative estimate of drug-likeness (QED) is 0.625. The molecule has 0 unspecified atom stereocenters. The number of ether oxygens (including phenoxy) is 2. The lowest BCUT2D eigenvalue weighted by Crippen LogP contribution is -2.31. The van der Waals surface area contributed by atoms with Gasteiger partial charge in [-0.1, -0.05) is 30.7 Å². The van der Waals surface area contributed by atoms with Crippen molar-refractivity contribution < 1.29 is 14.3 Å². The fourth-order valence-electron chi connectivity index (χ4n) is 4.05. The van der Waals surface area contributed by atoms with Crippen molar-refractivity contribution in [3.05, 3.63) is 47.5 Å². The number of fused-ring (bicyclic) bond motifs is 3. The molecule has 26 heavy (non-hydrogen) atoms. The van der Waals surface area contributed by atoms with Crippen LogP contribution in [0.1, 0.15) is 41.6 Å². The molecule has 0 bridgehead atoms. The van der Waals surface area contributed by atoms with Crippen molar-refractivity contribution in [2.24, 2.45) is 0 Å². The lowest BCUT2D eigenvalue weighted by molar-refractivity contribution is 0.103. The molecule has 0 amide bonds. The molecule has 2 aromatic rings. The molecule has 0 aromatic heterocycles. The molecular weight excluding hydrogens is 326 g/mol. The highest BCUT2D eigenvalue weighted by atomic mass is 16.5. The lowest BCUT2D eigenvalue weighted by Gasteiger charge is -2.26. The average Bonchev–Trinajstić information content (AvgIpc) is 2.99. The van der Waals surface area contributed by atoms with E-state index in [1.54, 1.807) is 7.11 Å². The smallest absolute Gasteiger partial charge is 0.198 e. The predicted octanol–water partition coefficient (Wildman–Crippen LogP) is 4.16. The number of carbonyl (C=O) groups is 1. The van der Waals surface area contributed by atoms with Crippen LogP contribution in [0.4, 0.5) is 0 Å². The van der Waals surface area contributed by atoms with Gasteiger partial charge in [-0.3, -0.25) is 4.79 Å². The molecule has 1 heterocycles. The van der Waals surface area contributed by atoms with Crippen LogP contribution in [-0.2, 0) is 0 Å². The summed E-state index contributed by atoms with van der Waals surface area (Å²) in [5, 5.41) is 0. The van der Waals surface area contributed by atoms with Gasteiger partial charge in [-0.2, -0.15) is 0 Å². The Morgan fingerprint density at radius 1 is 0.923 bits per heavy atom. The van der Waals surface area contributed by atoms with E-state index in [0.717, 1.165) is 29.8 Å². The van der Waals surface area contributed by atoms with Crippen molar-refractivity contribution in [2.45, 2.75) is 25.7 Å². The predicted molar refractivity (Wildman–Crippen MR) is 102 cm³/mol. The Morgan fingerprint density at radius 3 is 2.42 bits per heavy atom. The van der Waals surface area contributed by atoms with Crippen LogP contribution >= 0.6 is 0 Å². The molecular formula is C22H25NO3. The maximum atomic E-state index is 12.9. The van der Waals surface area contributed by atoms with Gasteiger partial charge in [0.25, 0.3) is 0 Å². The van der Waals surface area contributed by atoms with Crippen LogP contribution in [0.15, 0.2) is 36.4 Å². The molecule has 0 N–H and O–H groups in total. The van der Waals surface area contributed by atoms with Gasteiger partial charge >= 0.3 is 0 Å². The Labute approximate surface area is 154 Å². The molecule has 2 aliphatic rings. The van der Waals surface area contributed by atoms with Crippen LogP contribution in [0.5, 0.6) is 11.5 Å². The Balaban J connectivity index is 1.49. The Morgan fingerprint density at radius 2 is 1.65 bits per heavy atom. The van der Waals surface area contributed by atoms with Gasteiger partial charge < -0.3 is 14.4 Å². The molecule has 1 aliphatic heterocycles. The zero-order valence-corrected chi connectivity index (χ0v) is 15.3. The Kier molecular flexibility index (Phi) is 4.93. The van der Waals surface area contributed by atoms with Crippen molar-refractivity contribution in [3.8, 4) is 22.6 Å². The first-order chi connectivity index (χ1) is 12.8. The van der Waals surface area contributed by atoms with Crippen LogP contribution in [0.25, 0.3) is 11.1 Å². The number of piperidine rings is 1. The van der Waals surface area contributed by atoms with E-state index in [-0.39, 0.29) is 5.78 Å². The minimum absolute atomic E-state index is 0.0283. The van der Waals surface area contributed by atoms with E-state index in [9.17, 15) is 4.79 Å². The minimum atomic E-state index is 0.0283. The molecule has 4 nitrogen and oxygen atoms in total. The fourth-order valence-corrected chi connectivity index (χ4v) is 4.05. The number of carbonyl (C=O) groups excluding carboxylic acids is 1. The third-order valence-electron chi connectivity index (χ3n) is 5.34. The molecule has 2 aromatic carbocycles. The third-order valence-corrected chi connectivity index (χ3v) is 5.34. The highest BCUT2D eigenvalue weighted by molar-refractivity contribution is 6.24. The van der Waals surface area contributed by atoms with Gasteiger partial charge in [0.1, 0.15) is 11.5 Å². The number of methoxy groups -OCH3 is 1. The van der Waals surface area contributed by atoms with Crippen LogP contribution in [0, 0.1) is 0 Å². The molecule has 1 saturated heterocycles. The molecule has 0 spiro atoms. The van der Waals surface area contributed by atoms with Gasteiger partial charge in [-0.25, -0.2) is 0 Å². The van der Waals surface area contributed by atoms with Crippen LogP contribution < -0.4 is 9.47 Å². The summed E-state index contributed by atoms with van der Waals surface area (Å²) in [6, 6.07) is 11.4. The van der Waals surface area contributed by atoms with Gasteiger partial charge in [0.2, 0.25) is 0 Å². The largest absolute Gasteiger partial charge is 0.496 e. The number of likely N-dealkylation sites (tertiary alicyclic amines) is 1. The summed E-state index contributed by atoms with van der Waals surface area (Å²) in [5.41, 5.74) is 3.17. The molecule has 0 saturated carbocycles. The number of benzene rings is 2. The van der Waals surface area contributed by atoms with E-state index in [1.165, 1.54) is 32.4 Å². The lowest BCUT2D eigenvalue weighted by atomic mass is 10.0. The molecule has 1 aliphatic carbocycles. The second-order valence-corrected chi connectivity index (χ2v) is 6.99. The maximum absolute atomic E-state index is 12.9. The summed E-state index contributed by atoms with van der Waals surface area (Å²) < 4.78 is 11.5. The summed E-state index contributed by atoms with van der Waals surface area (Å²) >= 11 is 0. The topological polar surface area (TPSA) is 38.8 Å². The van der Waals surface area contributed by atoms with Gasteiger partial charge in [-0.15, -0.1) is 0 Å².